The highest BCUT2D eigenvalue weighted by molar-refractivity contribution is 5.94. The van der Waals surface area contributed by atoms with Gasteiger partial charge in [0.25, 0.3) is 5.91 Å². The Balaban J connectivity index is 1.52. The molecule has 29 heavy (non-hydrogen) atoms. The number of piperazine rings is 1. The summed E-state index contributed by atoms with van der Waals surface area (Å²) in [5, 5.41) is 2.80. The molecule has 1 fully saturated rings. The van der Waals surface area contributed by atoms with Crippen LogP contribution in [0.15, 0.2) is 48.5 Å². The van der Waals surface area contributed by atoms with Crippen molar-refractivity contribution >= 4 is 5.91 Å². The van der Waals surface area contributed by atoms with Gasteiger partial charge in [0.2, 0.25) is 0 Å². The van der Waals surface area contributed by atoms with Crippen molar-refractivity contribution in [1.82, 2.24) is 15.1 Å². The molecule has 1 aliphatic rings. The lowest BCUT2D eigenvalue weighted by Crippen LogP contribution is -2.43. The Hall–Kier alpha value is -2.58. The fourth-order valence-corrected chi connectivity index (χ4v) is 3.19. The van der Waals surface area contributed by atoms with Crippen molar-refractivity contribution in [3.8, 4) is 5.75 Å². The molecular weight excluding hydrogens is 383 g/mol. The van der Waals surface area contributed by atoms with Gasteiger partial charge in [0.1, 0.15) is 5.75 Å². The maximum absolute atomic E-state index is 12.3. The number of ether oxygens (including phenoxy) is 1. The van der Waals surface area contributed by atoms with Crippen molar-refractivity contribution < 1.29 is 22.7 Å². The highest BCUT2D eigenvalue weighted by atomic mass is 19.4. The Kier molecular flexibility index (Phi) is 6.76. The minimum absolute atomic E-state index is 0.271. The van der Waals surface area contributed by atoms with E-state index in [1.165, 1.54) is 17.7 Å². The first-order valence-electron chi connectivity index (χ1n) is 9.41. The molecule has 0 atom stereocenters. The Morgan fingerprint density at radius 2 is 1.69 bits per heavy atom. The number of amides is 1. The maximum atomic E-state index is 12.3. The van der Waals surface area contributed by atoms with Crippen molar-refractivity contribution in [3.63, 3.8) is 0 Å². The molecule has 0 aromatic heterocycles. The van der Waals surface area contributed by atoms with Gasteiger partial charge in [0, 0.05) is 44.8 Å². The molecule has 1 aliphatic heterocycles. The molecule has 1 amide bonds. The van der Waals surface area contributed by atoms with Gasteiger partial charge in [0.15, 0.2) is 0 Å². The predicted molar refractivity (Wildman–Crippen MR) is 104 cm³/mol. The third-order valence-electron chi connectivity index (χ3n) is 4.80. The molecule has 5 nitrogen and oxygen atoms in total. The fraction of sp³-hybridized carbons (Fsp3) is 0.381. The molecule has 0 spiro atoms. The van der Waals surface area contributed by atoms with Crippen molar-refractivity contribution in [3.05, 3.63) is 65.2 Å². The summed E-state index contributed by atoms with van der Waals surface area (Å²) in [7, 11) is 2.12. The van der Waals surface area contributed by atoms with Crippen LogP contribution in [-0.2, 0) is 13.1 Å². The average molecular weight is 407 g/mol. The number of likely N-dealkylation sites (N-methyl/N-ethyl adjacent to an activating group) is 1. The summed E-state index contributed by atoms with van der Waals surface area (Å²) in [4.78, 5) is 17.0. The van der Waals surface area contributed by atoms with E-state index in [1.807, 2.05) is 12.1 Å². The summed E-state index contributed by atoms with van der Waals surface area (Å²) in [5.74, 6) is -0.710. The van der Waals surface area contributed by atoms with E-state index in [-0.39, 0.29) is 17.2 Å². The number of benzene rings is 2. The third kappa shape index (κ3) is 6.76. The van der Waals surface area contributed by atoms with Gasteiger partial charge in [-0.2, -0.15) is 0 Å². The zero-order valence-corrected chi connectivity index (χ0v) is 16.2. The largest absolute Gasteiger partial charge is 0.573 e. The van der Waals surface area contributed by atoms with Crippen molar-refractivity contribution in [2.75, 3.05) is 33.2 Å². The number of alkyl halides is 3. The number of rotatable bonds is 6. The highest BCUT2D eigenvalue weighted by Gasteiger charge is 2.31. The van der Waals surface area contributed by atoms with Gasteiger partial charge in [-0.3, -0.25) is 9.69 Å². The zero-order chi connectivity index (χ0) is 20.9. The topological polar surface area (TPSA) is 44.8 Å². The number of halogens is 3. The summed E-state index contributed by atoms with van der Waals surface area (Å²) >= 11 is 0. The lowest BCUT2D eigenvalue weighted by molar-refractivity contribution is -0.274. The molecule has 0 radical (unpaired) electrons. The second-order valence-corrected chi connectivity index (χ2v) is 7.15. The summed E-state index contributed by atoms with van der Waals surface area (Å²) in [6.07, 6.45) is -4.75. The van der Waals surface area contributed by atoms with Gasteiger partial charge >= 0.3 is 6.36 Å². The van der Waals surface area contributed by atoms with Gasteiger partial charge in [0.05, 0.1) is 0 Å². The molecule has 156 valence electrons. The monoisotopic (exact) mass is 407 g/mol. The first kappa shape index (κ1) is 21.1. The van der Waals surface area contributed by atoms with Crippen LogP contribution in [-0.4, -0.2) is 55.3 Å². The van der Waals surface area contributed by atoms with E-state index in [4.69, 9.17) is 0 Å². The van der Waals surface area contributed by atoms with Gasteiger partial charge in [-0.25, -0.2) is 0 Å². The van der Waals surface area contributed by atoms with E-state index in [0.29, 0.717) is 6.54 Å². The Morgan fingerprint density at radius 3 is 2.34 bits per heavy atom. The first-order chi connectivity index (χ1) is 13.8. The Labute approximate surface area is 168 Å². The van der Waals surface area contributed by atoms with E-state index in [2.05, 4.69) is 39.0 Å². The molecule has 2 aromatic rings. The fourth-order valence-electron chi connectivity index (χ4n) is 3.19. The standard InChI is InChI=1S/C21H24F3N3O2/c1-26-9-11-27(12-10-26)15-17-4-2-3-16(13-17)14-25-20(28)18-5-7-19(8-6-18)29-21(22,23)24/h2-8,13H,9-12,14-15H2,1H3,(H,25,28). The van der Waals surface area contributed by atoms with Crippen LogP contribution < -0.4 is 10.1 Å². The normalized spacial score (nSPS) is 15.9. The Morgan fingerprint density at radius 1 is 1.03 bits per heavy atom. The second kappa shape index (κ2) is 9.28. The zero-order valence-electron chi connectivity index (χ0n) is 16.2. The minimum Gasteiger partial charge on any atom is -0.406 e. The molecule has 0 unspecified atom stereocenters. The molecule has 0 saturated carbocycles. The number of carbonyl (C=O) groups excluding carboxylic acids is 1. The summed E-state index contributed by atoms with van der Waals surface area (Å²) in [5.41, 5.74) is 2.44. The van der Waals surface area contributed by atoms with Crippen LogP contribution in [0.2, 0.25) is 0 Å². The van der Waals surface area contributed by atoms with Crippen LogP contribution in [0.1, 0.15) is 21.5 Å². The number of hydrogen-bond donors (Lipinski definition) is 1. The maximum Gasteiger partial charge on any atom is 0.573 e. The van der Waals surface area contributed by atoms with Crippen molar-refractivity contribution in [2.45, 2.75) is 19.5 Å². The Bertz CT molecular complexity index is 817. The van der Waals surface area contributed by atoms with Gasteiger partial charge < -0.3 is 15.0 Å². The number of nitrogens with one attached hydrogen (secondary N) is 1. The summed E-state index contributed by atoms with van der Waals surface area (Å²) in [6, 6.07) is 12.9. The van der Waals surface area contributed by atoms with Crippen molar-refractivity contribution in [2.24, 2.45) is 0 Å². The lowest BCUT2D eigenvalue weighted by Gasteiger charge is -2.32. The van der Waals surface area contributed by atoms with Crippen LogP contribution in [0.3, 0.4) is 0 Å². The van der Waals surface area contributed by atoms with E-state index >= 15 is 0 Å². The molecule has 3 rings (SSSR count). The number of nitrogens with zero attached hydrogens (tertiary/aromatic N) is 2. The molecule has 1 heterocycles. The quantitative estimate of drug-likeness (QED) is 0.799. The first-order valence-corrected chi connectivity index (χ1v) is 9.41. The van der Waals surface area contributed by atoms with Gasteiger partial charge in [-0.1, -0.05) is 24.3 Å². The minimum atomic E-state index is -4.75. The smallest absolute Gasteiger partial charge is 0.406 e. The van der Waals surface area contributed by atoms with Gasteiger partial charge in [-0.15, -0.1) is 13.2 Å². The van der Waals surface area contributed by atoms with E-state index < -0.39 is 6.36 Å². The van der Waals surface area contributed by atoms with E-state index in [1.54, 1.807) is 0 Å². The van der Waals surface area contributed by atoms with Crippen molar-refractivity contribution in [1.29, 1.82) is 0 Å². The summed E-state index contributed by atoms with van der Waals surface area (Å²) < 4.78 is 40.4. The SMILES string of the molecule is CN1CCN(Cc2cccc(CNC(=O)c3ccc(OC(F)(F)F)cc3)c2)CC1. The molecule has 0 aliphatic carbocycles. The van der Waals surface area contributed by atoms with E-state index in [0.717, 1.165) is 50.4 Å². The molecule has 1 N–H and O–H groups in total. The molecule has 8 heteroatoms. The van der Waals surface area contributed by atoms with Crippen LogP contribution in [0.4, 0.5) is 13.2 Å². The molecule has 1 saturated heterocycles. The summed E-state index contributed by atoms with van der Waals surface area (Å²) in [6.45, 7) is 5.40. The van der Waals surface area contributed by atoms with Gasteiger partial charge in [-0.05, 0) is 42.4 Å². The highest BCUT2D eigenvalue weighted by Crippen LogP contribution is 2.22. The average Bonchev–Trinajstić information content (AvgIpc) is 2.68. The molecular formula is C21H24F3N3O2. The number of carbonyl (C=O) groups is 1. The van der Waals surface area contributed by atoms with Crippen LogP contribution in [0.25, 0.3) is 0 Å². The van der Waals surface area contributed by atoms with Crippen LogP contribution >= 0.6 is 0 Å². The third-order valence-corrected chi connectivity index (χ3v) is 4.80. The van der Waals surface area contributed by atoms with Crippen LogP contribution in [0, 0.1) is 0 Å². The predicted octanol–water partition coefficient (Wildman–Crippen LogP) is 3.26. The molecule has 0 bridgehead atoms. The molecule has 2 aromatic carbocycles. The lowest BCUT2D eigenvalue weighted by atomic mass is 10.1. The number of hydrogen-bond acceptors (Lipinski definition) is 4. The van der Waals surface area contributed by atoms with E-state index in [9.17, 15) is 18.0 Å². The van der Waals surface area contributed by atoms with Crippen LogP contribution in [0.5, 0.6) is 5.75 Å². The second-order valence-electron chi connectivity index (χ2n) is 7.15.